The highest BCUT2D eigenvalue weighted by Crippen LogP contribution is 2.37. The molecule has 2 aromatic carbocycles. The number of hydrogen-bond acceptors (Lipinski definition) is 8. The summed E-state index contributed by atoms with van der Waals surface area (Å²) in [6.45, 7) is 5.71. The van der Waals surface area contributed by atoms with Gasteiger partial charge in [0.1, 0.15) is 17.7 Å². The van der Waals surface area contributed by atoms with E-state index in [1.165, 1.54) is 20.9 Å². The van der Waals surface area contributed by atoms with Crippen molar-refractivity contribution in [2.45, 2.75) is 39.7 Å². The number of thiazole rings is 1. The average Bonchev–Trinajstić information content (AvgIpc) is 3.43. The van der Waals surface area contributed by atoms with E-state index in [1.807, 2.05) is 55.5 Å². The molecule has 1 amide bonds. The second kappa shape index (κ2) is 11.4. The lowest BCUT2D eigenvalue weighted by Crippen LogP contribution is -2.40. The van der Waals surface area contributed by atoms with Crippen LogP contribution in [0, 0.1) is 5.92 Å². The first-order valence-electron chi connectivity index (χ1n) is 13.2. The van der Waals surface area contributed by atoms with E-state index in [2.05, 4.69) is 5.10 Å². The molecule has 0 spiro atoms. The first kappa shape index (κ1) is 27.3. The van der Waals surface area contributed by atoms with E-state index in [-0.39, 0.29) is 18.1 Å². The molecule has 9 nitrogen and oxygen atoms in total. The molecule has 3 aromatic rings. The average molecular weight is 559 g/mol. The fourth-order valence-corrected chi connectivity index (χ4v) is 6.03. The van der Waals surface area contributed by atoms with Crippen molar-refractivity contribution in [2.75, 3.05) is 18.7 Å². The minimum absolute atomic E-state index is 0.186. The largest absolute Gasteiger partial charge is 0.496 e. The zero-order chi connectivity index (χ0) is 28.4. The van der Waals surface area contributed by atoms with Gasteiger partial charge in [0.2, 0.25) is 0 Å². The Morgan fingerprint density at radius 2 is 1.80 bits per heavy atom. The number of anilines is 1. The molecular weight excluding hydrogens is 528 g/mol. The molecule has 0 radical (unpaired) electrons. The van der Waals surface area contributed by atoms with E-state index in [1.54, 1.807) is 33.1 Å². The first-order chi connectivity index (χ1) is 19.4. The third-order valence-corrected chi connectivity index (χ3v) is 7.83. The quantitative estimate of drug-likeness (QED) is 0.394. The van der Waals surface area contributed by atoms with Crippen molar-refractivity contribution >= 4 is 40.7 Å². The van der Waals surface area contributed by atoms with Gasteiger partial charge in [-0.15, -0.1) is 0 Å². The number of aromatic nitrogens is 1. The van der Waals surface area contributed by atoms with Gasteiger partial charge in [-0.25, -0.2) is 9.79 Å². The smallest absolute Gasteiger partial charge is 0.338 e. The molecule has 2 aliphatic rings. The molecule has 0 saturated heterocycles. The fraction of sp³-hybridized carbons (Fsp3) is 0.300. The van der Waals surface area contributed by atoms with Crippen molar-refractivity contribution < 1.29 is 19.1 Å². The SMILES string of the molecule is CCCC1=C(C(=O)OCC)[C@@H](c2ccccc2OC)n2c(s/c(=C/[C@@H]3C(=O)N(c4ccccc4)N=C3C)c2=O)=N1. The molecule has 5 rings (SSSR count). The fourth-order valence-electron chi connectivity index (χ4n) is 5.00. The standard InChI is InChI=1S/C30H30N4O5S/c1-5-12-22-25(29(37)39-6-2)26(20-15-10-11-16-23(20)38-4)33-28(36)24(40-30(33)31-22)17-21-18(3)32-34(27(21)35)19-13-8-7-9-14-19/h7-11,13-17,21,26H,5-6,12H2,1-4H3/b24-17+/t21-,26+/m0/s1. The number of carbonyl (C=O) groups is 2. The molecule has 1 aromatic heterocycles. The Balaban J connectivity index is 1.69. The summed E-state index contributed by atoms with van der Waals surface area (Å²) in [7, 11) is 1.55. The third kappa shape index (κ3) is 4.79. The van der Waals surface area contributed by atoms with Gasteiger partial charge >= 0.3 is 5.97 Å². The molecule has 206 valence electrons. The van der Waals surface area contributed by atoms with Crippen LogP contribution in [0.4, 0.5) is 5.69 Å². The second-order valence-corrected chi connectivity index (χ2v) is 10.4. The van der Waals surface area contributed by atoms with Crippen LogP contribution in [0.15, 0.2) is 80.8 Å². The van der Waals surface area contributed by atoms with Crippen molar-refractivity contribution in [1.29, 1.82) is 0 Å². The molecule has 3 heterocycles. The van der Waals surface area contributed by atoms with Crippen LogP contribution < -0.4 is 24.6 Å². The number of hydrazone groups is 1. The van der Waals surface area contributed by atoms with Crippen LogP contribution >= 0.6 is 11.3 Å². The molecule has 0 saturated carbocycles. The molecule has 2 atom stereocenters. The summed E-state index contributed by atoms with van der Waals surface area (Å²) in [5.41, 5.74) is 2.43. The van der Waals surface area contributed by atoms with Gasteiger partial charge in [-0.3, -0.25) is 14.2 Å². The van der Waals surface area contributed by atoms with E-state index >= 15 is 0 Å². The third-order valence-electron chi connectivity index (χ3n) is 6.83. The Labute approximate surface area is 235 Å². The van der Waals surface area contributed by atoms with Gasteiger partial charge in [-0.05, 0) is 44.5 Å². The Morgan fingerprint density at radius 1 is 1.07 bits per heavy atom. The number of amides is 1. The summed E-state index contributed by atoms with van der Waals surface area (Å²) in [6.07, 6.45) is 2.93. The molecule has 0 bridgehead atoms. The summed E-state index contributed by atoms with van der Waals surface area (Å²) in [6, 6.07) is 15.7. The lowest BCUT2D eigenvalue weighted by Gasteiger charge is -2.26. The number of ether oxygens (including phenoxy) is 2. The van der Waals surface area contributed by atoms with Crippen molar-refractivity contribution in [3.05, 3.63) is 91.1 Å². The maximum absolute atomic E-state index is 14.0. The van der Waals surface area contributed by atoms with Crippen LogP contribution in [0.3, 0.4) is 0 Å². The van der Waals surface area contributed by atoms with Crippen LogP contribution in [0.25, 0.3) is 6.08 Å². The predicted octanol–water partition coefficient (Wildman–Crippen LogP) is 3.58. The number of nitrogens with zero attached hydrogens (tertiary/aromatic N) is 4. The molecule has 2 aliphatic heterocycles. The summed E-state index contributed by atoms with van der Waals surface area (Å²) < 4.78 is 13.0. The second-order valence-electron chi connectivity index (χ2n) is 9.38. The van der Waals surface area contributed by atoms with Crippen molar-refractivity contribution in [2.24, 2.45) is 16.0 Å². The van der Waals surface area contributed by atoms with Gasteiger partial charge in [0.25, 0.3) is 11.5 Å². The van der Waals surface area contributed by atoms with Gasteiger partial charge in [-0.1, -0.05) is 61.1 Å². The van der Waals surface area contributed by atoms with Gasteiger partial charge < -0.3 is 9.47 Å². The van der Waals surface area contributed by atoms with E-state index < -0.39 is 17.9 Å². The molecular formula is C30H30N4O5S. The normalized spacial score (nSPS) is 18.9. The van der Waals surface area contributed by atoms with E-state index in [0.717, 1.165) is 6.42 Å². The zero-order valence-electron chi connectivity index (χ0n) is 22.8. The molecule has 0 N–H and O–H groups in total. The van der Waals surface area contributed by atoms with Gasteiger partial charge in [-0.2, -0.15) is 10.1 Å². The van der Waals surface area contributed by atoms with Crippen molar-refractivity contribution in [3.8, 4) is 5.75 Å². The number of esters is 1. The van der Waals surface area contributed by atoms with Crippen molar-refractivity contribution in [1.82, 2.24) is 4.57 Å². The minimum Gasteiger partial charge on any atom is -0.496 e. The molecule has 0 unspecified atom stereocenters. The Hall–Kier alpha value is -4.31. The zero-order valence-corrected chi connectivity index (χ0v) is 23.6. The Bertz CT molecular complexity index is 1700. The molecule has 0 fully saturated rings. The minimum atomic E-state index is -0.801. The molecule has 40 heavy (non-hydrogen) atoms. The van der Waals surface area contributed by atoms with Crippen LogP contribution in [-0.2, 0) is 14.3 Å². The number of rotatable bonds is 8. The van der Waals surface area contributed by atoms with Crippen LogP contribution in [0.5, 0.6) is 5.75 Å². The summed E-state index contributed by atoms with van der Waals surface area (Å²) in [4.78, 5) is 46.0. The van der Waals surface area contributed by atoms with Gasteiger partial charge in [0.05, 0.1) is 40.9 Å². The van der Waals surface area contributed by atoms with Crippen LogP contribution in [0.1, 0.15) is 45.2 Å². The van der Waals surface area contributed by atoms with Crippen molar-refractivity contribution in [3.63, 3.8) is 0 Å². The van der Waals surface area contributed by atoms with Gasteiger partial charge in [0.15, 0.2) is 4.80 Å². The maximum atomic E-state index is 14.0. The first-order valence-corrected chi connectivity index (χ1v) is 14.0. The van der Waals surface area contributed by atoms with Gasteiger partial charge in [0, 0.05) is 5.56 Å². The number of hydrogen-bond donors (Lipinski definition) is 0. The summed E-state index contributed by atoms with van der Waals surface area (Å²) >= 11 is 1.19. The van der Waals surface area contributed by atoms with E-state index in [0.29, 0.717) is 49.7 Å². The number of fused-ring (bicyclic) bond motifs is 1. The Kier molecular flexibility index (Phi) is 7.79. The lowest BCUT2D eigenvalue weighted by molar-refractivity contribution is -0.139. The maximum Gasteiger partial charge on any atom is 0.338 e. The number of carbonyl (C=O) groups excluding carboxylic acids is 2. The number of benzene rings is 2. The van der Waals surface area contributed by atoms with E-state index in [9.17, 15) is 14.4 Å². The number of allylic oxidation sites excluding steroid dienone is 1. The van der Waals surface area contributed by atoms with Crippen LogP contribution in [-0.4, -0.2) is 35.9 Å². The lowest BCUT2D eigenvalue weighted by atomic mass is 9.93. The highest BCUT2D eigenvalue weighted by atomic mass is 32.1. The topological polar surface area (TPSA) is 103 Å². The summed E-state index contributed by atoms with van der Waals surface area (Å²) in [5.74, 6) is -0.929. The molecule has 10 heteroatoms. The highest BCUT2D eigenvalue weighted by Gasteiger charge is 2.37. The Morgan fingerprint density at radius 3 is 2.50 bits per heavy atom. The number of para-hydroxylation sites is 2. The molecule has 0 aliphatic carbocycles. The predicted molar refractivity (Wildman–Crippen MR) is 154 cm³/mol. The number of methoxy groups -OCH3 is 1. The highest BCUT2D eigenvalue weighted by molar-refractivity contribution is 7.07. The summed E-state index contributed by atoms with van der Waals surface area (Å²) in [5, 5.41) is 5.83. The van der Waals surface area contributed by atoms with Crippen LogP contribution in [0.2, 0.25) is 0 Å². The van der Waals surface area contributed by atoms with E-state index in [4.69, 9.17) is 14.5 Å². The monoisotopic (exact) mass is 558 g/mol.